The summed E-state index contributed by atoms with van der Waals surface area (Å²) in [5.41, 5.74) is 8.05. The predicted octanol–water partition coefficient (Wildman–Crippen LogP) is 5.89. The van der Waals surface area contributed by atoms with Gasteiger partial charge >= 0.3 is 0 Å². The third-order valence-corrected chi connectivity index (χ3v) is 6.94. The first-order chi connectivity index (χ1) is 16.5. The van der Waals surface area contributed by atoms with E-state index in [2.05, 4.69) is 73.4 Å². The van der Waals surface area contributed by atoms with E-state index in [1.165, 1.54) is 28.5 Å². The summed E-state index contributed by atoms with van der Waals surface area (Å²) < 4.78 is 0. The Kier molecular flexibility index (Phi) is 6.16. The van der Waals surface area contributed by atoms with E-state index in [0.717, 1.165) is 34.6 Å². The predicted molar refractivity (Wildman–Crippen MR) is 138 cm³/mol. The maximum atomic E-state index is 13.1. The van der Waals surface area contributed by atoms with Crippen molar-refractivity contribution in [2.45, 2.75) is 38.4 Å². The highest BCUT2D eigenvalue weighted by molar-refractivity contribution is 7.99. The molecule has 0 N–H and O–H groups in total. The summed E-state index contributed by atoms with van der Waals surface area (Å²) in [5, 5.41) is 9.42. The Bertz CT molecular complexity index is 1340. The molecule has 3 aromatic carbocycles. The molecule has 0 spiro atoms. The van der Waals surface area contributed by atoms with Crippen LogP contribution in [0.3, 0.4) is 0 Å². The zero-order valence-electron chi connectivity index (χ0n) is 19.5. The van der Waals surface area contributed by atoms with Gasteiger partial charge in [-0.05, 0) is 38.8 Å². The molecule has 1 aromatic heterocycles. The molecule has 0 fully saturated rings. The van der Waals surface area contributed by atoms with Gasteiger partial charge in [-0.2, -0.15) is 0 Å². The van der Waals surface area contributed by atoms with E-state index < -0.39 is 0 Å². The third-order valence-electron chi connectivity index (χ3n) is 6.12. The number of benzene rings is 3. The highest BCUT2D eigenvalue weighted by Crippen LogP contribution is 2.33. The normalized spacial score (nSPS) is 14.8. The first-order valence-electron chi connectivity index (χ1n) is 11.4. The largest absolute Gasteiger partial charge is 0.308 e. The van der Waals surface area contributed by atoms with Gasteiger partial charge in [0, 0.05) is 22.9 Å². The fourth-order valence-corrected chi connectivity index (χ4v) is 4.98. The van der Waals surface area contributed by atoms with E-state index in [0.29, 0.717) is 5.16 Å². The minimum atomic E-state index is 0.0607. The van der Waals surface area contributed by atoms with E-state index in [1.807, 2.05) is 35.2 Å². The average molecular weight is 467 g/mol. The average Bonchev–Trinajstić information content (AvgIpc) is 3.19. The van der Waals surface area contributed by atoms with Crippen LogP contribution in [-0.2, 0) is 11.2 Å². The van der Waals surface area contributed by atoms with Crippen molar-refractivity contribution in [1.29, 1.82) is 0 Å². The number of fused-ring (bicyclic) bond motifs is 1. The van der Waals surface area contributed by atoms with Crippen LogP contribution in [0.25, 0.3) is 22.5 Å². The van der Waals surface area contributed by atoms with Gasteiger partial charge in [0.1, 0.15) is 11.4 Å². The first-order valence-corrected chi connectivity index (χ1v) is 12.4. The van der Waals surface area contributed by atoms with Crippen molar-refractivity contribution in [2.75, 3.05) is 10.7 Å². The minimum Gasteiger partial charge on any atom is -0.308 e. The molecule has 4 aromatic rings. The number of aromatic nitrogens is 3. The number of anilines is 1. The van der Waals surface area contributed by atoms with Crippen LogP contribution in [0.2, 0.25) is 0 Å². The Labute approximate surface area is 204 Å². The lowest BCUT2D eigenvalue weighted by Gasteiger charge is -2.22. The smallest absolute Gasteiger partial charge is 0.237 e. The monoisotopic (exact) mass is 466 g/mol. The molecule has 0 bridgehead atoms. The van der Waals surface area contributed by atoms with Gasteiger partial charge in [0.2, 0.25) is 11.1 Å². The molecule has 0 radical (unpaired) electrons. The van der Waals surface area contributed by atoms with Crippen molar-refractivity contribution in [1.82, 2.24) is 15.2 Å². The van der Waals surface area contributed by atoms with Crippen molar-refractivity contribution in [3.63, 3.8) is 0 Å². The lowest BCUT2D eigenvalue weighted by atomic mass is 10.0. The number of nitrogens with zero attached hydrogens (tertiary/aromatic N) is 4. The molecule has 1 aliphatic rings. The Morgan fingerprint density at radius 1 is 0.882 bits per heavy atom. The third kappa shape index (κ3) is 4.46. The van der Waals surface area contributed by atoms with Gasteiger partial charge in [0.05, 0.1) is 5.75 Å². The number of thioether (sulfide) groups is 1. The summed E-state index contributed by atoms with van der Waals surface area (Å²) in [6.07, 6.45) is 0.882. The standard InChI is InChI=1S/C28H26N4OS/c1-18-8-12-21(13-9-18)26-27(22-14-10-19(2)11-15-22)30-31-28(29-26)34-17-25(33)32-20(3)16-23-6-4-5-7-24(23)32/h4-15,20H,16-17H2,1-3H3. The Balaban J connectivity index is 1.42. The number of para-hydroxylation sites is 1. The van der Waals surface area contributed by atoms with Crippen LogP contribution >= 0.6 is 11.8 Å². The molecular weight excluding hydrogens is 440 g/mol. The lowest BCUT2D eigenvalue weighted by molar-refractivity contribution is -0.116. The number of carbonyl (C=O) groups excluding carboxylic acids is 1. The van der Waals surface area contributed by atoms with Crippen LogP contribution in [0, 0.1) is 13.8 Å². The van der Waals surface area contributed by atoms with Crippen molar-refractivity contribution < 1.29 is 4.79 Å². The molecule has 1 atom stereocenters. The molecular formula is C28H26N4OS. The number of rotatable bonds is 5. The zero-order chi connectivity index (χ0) is 23.7. The summed E-state index contributed by atoms with van der Waals surface area (Å²) >= 11 is 1.33. The van der Waals surface area contributed by atoms with Crippen LogP contribution in [0.4, 0.5) is 5.69 Å². The van der Waals surface area contributed by atoms with Crippen LogP contribution in [0.1, 0.15) is 23.6 Å². The summed E-state index contributed by atoms with van der Waals surface area (Å²) in [7, 11) is 0. The van der Waals surface area contributed by atoms with E-state index in [9.17, 15) is 4.79 Å². The van der Waals surface area contributed by atoms with Crippen molar-refractivity contribution in [3.05, 3.63) is 89.5 Å². The maximum Gasteiger partial charge on any atom is 0.237 e. The lowest BCUT2D eigenvalue weighted by Crippen LogP contribution is -2.37. The summed E-state index contributed by atoms with van der Waals surface area (Å²) in [5.74, 6) is 0.322. The molecule has 0 saturated carbocycles. The molecule has 2 heterocycles. The summed E-state index contributed by atoms with van der Waals surface area (Å²) in [6, 6.07) is 24.7. The Morgan fingerprint density at radius 3 is 2.18 bits per heavy atom. The van der Waals surface area contributed by atoms with Crippen LogP contribution in [0.15, 0.2) is 78.0 Å². The molecule has 0 aliphatic carbocycles. The summed E-state index contributed by atoms with van der Waals surface area (Å²) in [4.78, 5) is 19.9. The first kappa shape index (κ1) is 22.3. The molecule has 6 heteroatoms. The number of carbonyl (C=O) groups is 1. The van der Waals surface area contributed by atoms with E-state index in [4.69, 9.17) is 4.98 Å². The molecule has 0 saturated heterocycles. The molecule has 5 rings (SSSR count). The fraction of sp³-hybridized carbons (Fsp3) is 0.214. The van der Waals surface area contributed by atoms with Crippen molar-refractivity contribution >= 4 is 23.4 Å². The van der Waals surface area contributed by atoms with Gasteiger partial charge < -0.3 is 4.90 Å². The molecule has 170 valence electrons. The topological polar surface area (TPSA) is 59.0 Å². The number of hydrogen-bond donors (Lipinski definition) is 0. The second-order valence-corrected chi connectivity index (χ2v) is 9.70. The zero-order valence-corrected chi connectivity index (χ0v) is 20.3. The van der Waals surface area contributed by atoms with E-state index in [1.54, 1.807) is 0 Å². The Hall–Kier alpha value is -3.51. The van der Waals surface area contributed by atoms with Crippen LogP contribution < -0.4 is 4.90 Å². The second kappa shape index (κ2) is 9.39. The van der Waals surface area contributed by atoms with Crippen LogP contribution in [0.5, 0.6) is 0 Å². The van der Waals surface area contributed by atoms with Crippen LogP contribution in [-0.4, -0.2) is 32.9 Å². The van der Waals surface area contributed by atoms with Crippen molar-refractivity contribution in [3.8, 4) is 22.5 Å². The number of aryl methyl sites for hydroxylation is 2. The maximum absolute atomic E-state index is 13.1. The van der Waals surface area contributed by atoms with Gasteiger partial charge in [0.15, 0.2) is 0 Å². The molecule has 1 aliphatic heterocycles. The Morgan fingerprint density at radius 2 is 1.50 bits per heavy atom. The van der Waals surface area contributed by atoms with Gasteiger partial charge in [0.25, 0.3) is 0 Å². The molecule has 5 nitrogen and oxygen atoms in total. The number of hydrogen-bond acceptors (Lipinski definition) is 5. The second-order valence-electron chi connectivity index (χ2n) is 8.76. The van der Waals surface area contributed by atoms with E-state index in [-0.39, 0.29) is 17.7 Å². The fourth-order valence-electron chi connectivity index (χ4n) is 4.33. The minimum absolute atomic E-state index is 0.0607. The SMILES string of the molecule is Cc1ccc(-c2nnc(SCC(=O)N3c4ccccc4CC3C)nc2-c2ccc(C)cc2)cc1. The van der Waals surface area contributed by atoms with Gasteiger partial charge in [-0.15, -0.1) is 10.2 Å². The van der Waals surface area contributed by atoms with Gasteiger partial charge in [-0.1, -0.05) is 89.6 Å². The highest BCUT2D eigenvalue weighted by atomic mass is 32.2. The molecule has 1 unspecified atom stereocenters. The van der Waals surface area contributed by atoms with Crippen molar-refractivity contribution in [2.24, 2.45) is 0 Å². The van der Waals surface area contributed by atoms with Gasteiger partial charge in [-0.3, -0.25) is 4.79 Å². The molecule has 1 amide bonds. The van der Waals surface area contributed by atoms with Gasteiger partial charge in [-0.25, -0.2) is 4.98 Å². The van der Waals surface area contributed by atoms with E-state index >= 15 is 0 Å². The summed E-state index contributed by atoms with van der Waals surface area (Å²) in [6.45, 7) is 6.21. The quantitative estimate of drug-likeness (QED) is 0.343. The number of amides is 1. The molecule has 34 heavy (non-hydrogen) atoms. The highest BCUT2D eigenvalue weighted by Gasteiger charge is 2.30.